The summed E-state index contributed by atoms with van der Waals surface area (Å²) in [5.74, 6) is 0. The Labute approximate surface area is 41.6 Å². The van der Waals surface area contributed by atoms with E-state index in [1.807, 2.05) is 0 Å². The maximum atomic E-state index is 7.91. The van der Waals surface area contributed by atoms with E-state index in [1.165, 1.54) is 17.7 Å². The molecule has 0 aliphatic rings. The van der Waals surface area contributed by atoms with Gasteiger partial charge in [-0.3, -0.25) is 0 Å². The Morgan fingerprint density at radius 1 is 1.33 bits per heavy atom. The van der Waals surface area contributed by atoms with Crippen LogP contribution in [0.4, 0.5) is 0 Å². The third-order valence-corrected chi connectivity index (χ3v) is 0.415. The van der Waals surface area contributed by atoms with Crippen molar-refractivity contribution in [1.29, 1.82) is 0 Å². The summed E-state index contributed by atoms with van der Waals surface area (Å²) in [6, 6.07) is 0. The predicted octanol–water partition coefficient (Wildman–Crippen LogP) is 1.81. The van der Waals surface area contributed by atoms with E-state index in [9.17, 15) is 0 Å². The fourth-order valence-corrected chi connectivity index (χ4v) is 0.176. The molecule has 0 unspecified atom stereocenters. The highest BCUT2D eigenvalue weighted by molar-refractivity contribution is 6.25. The summed E-state index contributed by atoms with van der Waals surface area (Å²) in [5.41, 5.74) is 1.31. The van der Waals surface area contributed by atoms with Crippen molar-refractivity contribution in [2.45, 2.75) is 0 Å². The third kappa shape index (κ3) is 3.57. The first-order valence-electron chi connectivity index (χ1n) is 1.48. The molecule has 0 aliphatic heterocycles. The Hall–Kier alpha value is -0.430. The van der Waals surface area contributed by atoms with Gasteiger partial charge in [0.15, 0.2) is 0 Å². The summed E-state index contributed by atoms with van der Waals surface area (Å²) in [5, 5.41) is 7.91. The average Bonchev–Trinajstić information content (AvgIpc) is 1.61. The number of allylic oxidation sites excluding steroid dienone is 2. The van der Waals surface area contributed by atoms with Gasteiger partial charge in [-0.25, -0.2) is 0 Å². The Morgan fingerprint density at radius 2 is 2.00 bits per heavy atom. The van der Waals surface area contributed by atoms with Gasteiger partial charge < -0.3 is 5.11 Å². The van der Waals surface area contributed by atoms with Gasteiger partial charge in [-0.2, -0.15) is 0 Å². The zero-order valence-corrected chi connectivity index (χ0v) is 3.89. The van der Waals surface area contributed by atoms with Gasteiger partial charge in [0.1, 0.15) is 0 Å². The molecule has 0 aromatic heterocycles. The zero-order valence-electron chi connectivity index (χ0n) is 3.13. The predicted molar refractivity (Wildman–Crippen MR) is 26.8 cm³/mol. The monoisotopic (exact) mass is 104 g/mol. The van der Waals surface area contributed by atoms with Crippen LogP contribution in [0.2, 0.25) is 0 Å². The molecule has 2 heteroatoms. The molecule has 0 radical (unpaired) electrons. The van der Waals surface area contributed by atoms with Crippen LogP contribution in [0.1, 0.15) is 0 Å². The van der Waals surface area contributed by atoms with Crippen LogP contribution < -0.4 is 0 Å². The van der Waals surface area contributed by atoms with Crippen molar-refractivity contribution in [2.75, 3.05) is 0 Å². The molecule has 34 valence electrons. The Balaban J connectivity index is 3.07. The summed E-state index contributed by atoms with van der Waals surface area (Å²) in [7, 11) is 0. The number of hydrogen-bond acceptors (Lipinski definition) is 1. The second kappa shape index (κ2) is 4.57. The van der Waals surface area contributed by atoms with Gasteiger partial charge in [-0.1, -0.05) is 11.6 Å². The molecule has 0 aliphatic carbocycles. The second-order valence-corrected chi connectivity index (χ2v) is 0.912. The highest BCUT2D eigenvalue weighted by Crippen LogP contribution is 1.76. The van der Waals surface area contributed by atoms with Crippen LogP contribution in [0.25, 0.3) is 0 Å². The van der Waals surface area contributed by atoms with Crippen LogP contribution in [0, 0.1) is 0 Å². The molecule has 0 aromatic carbocycles. The van der Waals surface area contributed by atoms with E-state index in [0.29, 0.717) is 0 Å². The normalized spacial score (nSPS) is 11.5. The fraction of sp³-hybridized carbons (Fsp3) is 0. The fourth-order valence-electron chi connectivity index (χ4n) is 0.0917. The topological polar surface area (TPSA) is 20.2 Å². The van der Waals surface area contributed by atoms with Crippen molar-refractivity contribution in [1.82, 2.24) is 0 Å². The maximum Gasteiger partial charge on any atom is 0.0791 e. The molecule has 0 spiro atoms. The van der Waals surface area contributed by atoms with E-state index in [-0.39, 0.29) is 0 Å². The third-order valence-electron chi connectivity index (χ3n) is 0.270. The number of aliphatic hydroxyl groups excluding tert-OH is 1. The van der Waals surface area contributed by atoms with Crippen molar-refractivity contribution in [3.8, 4) is 0 Å². The summed E-state index contributed by atoms with van der Waals surface area (Å²) in [6.45, 7) is 0. The molecule has 0 amide bonds. The maximum absolute atomic E-state index is 7.91. The van der Waals surface area contributed by atoms with Crippen molar-refractivity contribution in [3.63, 3.8) is 0 Å². The molecule has 0 fully saturated rings. The largest absolute Gasteiger partial charge is 0.516 e. The molecule has 0 heterocycles. The van der Waals surface area contributed by atoms with Crippen LogP contribution in [0.3, 0.4) is 0 Å². The van der Waals surface area contributed by atoms with Crippen LogP contribution in [-0.2, 0) is 0 Å². The molecule has 1 N–H and O–H groups in total. The Bertz CT molecular complexity index is 55.9. The summed E-state index contributed by atoms with van der Waals surface area (Å²) < 4.78 is 0. The van der Waals surface area contributed by atoms with Gasteiger partial charge in [0.25, 0.3) is 0 Å². The molecule has 6 heavy (non-hydrogen) atoms. The van der Waals surface area contributed by atoms with E-state index in [0.717, 1.165) is 6.26 Å². The van der Waals surface area contributed by atoms with Crippen LogP contribution in [0.5, 0.6) is 0 Å². The highest BCUT2D eigenvalue weighted by atomic mass is 35.5. The van der Waals surface area contributed by atoms with E-state index < -0.39 is 0 Å². The lowest BCUT2D eigenvalue weighted by Gasteiger charge is -1.62. The first-order chi connectivity index (χ1) is 2.91. The Morgan fingerprint density at radius 3 is 2.17 bits per heavy atom. The molecule has 0 saturated heterocycles. The van der Waals surface area contributed by atoms with Gasteiger partial charge in [0, 0.05) is 5.54 Å². The summed E-state index contributed by atoms with van der Waals surface area (Å²) >= 11 is 5.04. The average molecular weight is 105 g/mol. The van der Waals surface area contributed by atoms with Crippen LogP contribution in [-0.4, -0.2) is 5.11 Å². The van der Waals surface area contributed by atoms with Crippen molar-refractivity contribution >= 4 is 11.6 Å². The number of aliphatic hydroxyl groups is 1. The second-order valence-electron chi connectivity index (χ2n) is 0.660. The van der Waals surface area contributed by atoms with Gasteiger partial charge in [-0.15, -0.1) is 0 Å². The van der Waals surface area contributed by atoms with E-state index in [1.54, 1.807) is 0 Å². The first-order valence-corrected chi connectivity index (χ1v) is 1.91. The smallest absolute Gasteiger partial charge is 0.0791 e. The minimum Gasteiger partial charge on any atom is -0.516 e. The van der Waals surface area contributed by atoms with E-state index >= 15 is 0 Å². The van der Waals surface area contributed by atoms with Crippen LogP contribution >= 0.6 is 11.6 Å². The molecule has 0 bridgehead atoms. The molecule has 0 saturated carbocycles. The molecular formula is C4H5ClO. The Kier molecular flexibility index (Phi) is 4.24. The molecule has 0 rings (SSSR count). The number of halogens is 1. The molecule has 1 nitrogen and oxygen atoms in total. The standard InChI is InChI=1S/C4H5ClO/c5-3-1-2-4-6/h1-4,6H. The van der Waals surface area contributed by atoms with Gasteiger partial charge >= 0.3 is 0 Å². The lowest BCUT2D eigenvalue weighted by Crippen LogP contribution is -1.43. The lowest BCUT2D eigenvalue weighted by molar-refractivity contribution is 0.474. The van der Waals surface area contributed by atoms with Crippen molar-refractivity contribution in [3.05, 3.63) is 23.9 Å². The van der Waals surface area contributed by atoms with E-state index in [4.69, 9.17) is 16.7 Å². The van der Waals surface area contributed by atoms with Crippen molar-refractivity contribution < 1.29 is 5.11 Å². The van der Waals surface area contributed by atoms with Gasteiger partial charge in [0.2, 0.25) is 0 Å². The molecule has 0 atom stereocenters. The minimum atomic E-state index is 0.916. The highest BCUT2D eigenvalue weighted by Gasteiger charge is 1.51. The van der Waals surface area contributed by atoms with Gasteiger partial charge in [-0.05, 0) is 12.2 Å². The van der Waals surface area contributed by atoms with Gasteiger partial charge in [0.05, 0.1) is 6.26 Å². The summed E-state index contributed by atoms with van der Waals surface area (Å²) in [6.07, 6.45) is 3.85. The number of rotatable bonds is 1. The SMILES string of the molecule is OC=CC=CCl. The van der Waals surface area contributed by atoms with E-state index in [2.05, 4.69) is 0 Å². The molecule has 0 aromatic rings. The zero-order chi connectivity index (χ0) is 4.83. The first kappa shape index (κ1) is 5.57. The number of hydrogen-bond donors (Lipinski definition) is 1. The quantitative estimate of drug-likeness (QED) is 0.397. The summed E-state index contributed by atoms with van der Waals surface area (Å²) in [4.78, 5) is 0. The lowest BCUT2D eigenvalue weighted by atomic mass is 10.6. The van der Waals surface area contributed by atoms with Crippen LogP contribution in [0.15, 0.2) is 23.9 Å². The van der Waals surface area contributed by atoms with Crippen molar-refractivity contribution in [2.24, 2.45) is 0 Å². The molecular weight excluding hydrogens is 99.5 g/mol. The minimum absolute atomic E-state index is 0.916.